The number of hydrogen-bond donors (Lipinski definition) is 1. The smallest absolute Gasteiger partial charge is 0.270 e. The molecular weight excluding hydrogens is 481 g/mol. The second kappa shape index (κ2) is 10.9. The first-order chi connectivity index (χ1) is 17.3. The van der Waals surface area contributed by atoms with Crippen LogP contribution in [0.5, 0.6) is 11.5 Å². The van der Waals surface area contributed by atoms with Crippen molar-refractivity contribution in [2.24, 2.45) is 0 Å². The fraction of sp³-hybridized carbons (Fsp3) is 0.269. The number of non-ortho nitro benzene ring substituents is 1. The van der Waals surface area contributed by atoms with Crippen molar-refractivity contribution in [3.63, 3.8) is 0 Å². The molecule has 0 saturated carbocycles. The average molecular weight is 509 g/mol. The van der Waals surface area contributed by atoms with Gasteiger partial charge in [-0.3, -0.25) is 14.9 Å². The van der Waals surface area contributed by atoms with Crippen molar-refractivity contribution in [2.75, 3.05) is 30.9 Å². The van der Waals surface area contributed by atoms with Crippen LogP contribution in [0, 0.1) is 17.0 Å². The highest BCUT2D eigenvalue weighted by Gasteiger charge is 2.28. The van der Waals surface area contributed by atoms with Gasteiger partial charge in [-0.15, -0.1) is 0 Å². The van der Waals surface area contributed by atoms with Crippen LogP contribution in [0.25, 0.3) is 0 Å². The van der Waals surface area contributed by atoms with E-state index in [-0.39, 0.29) is 24.8 Å². The predicted octanol–water partition coefficient (Wildman–Crippen LogP) is 5.04. The first kappa shape index (κ1) is 25.4. The molecule has 36 heavy (non-hydrogen) atoms. The number of nitro benzene ring substituents is 1. The van der Waals surface area contributed by atoms with E-state index in [1.807, 2.05) is 19.1 Å². The molecule has 1 heterocycles. The molecule has 0 aliphatic carbocycles. The van der Waals surface area contributed by atoms with E-state index in [4.69, 9.17) is 14.0 Å². The van der Waals surface area contributed by atoms with Crippen LogP contribution in [0.4, 0.5) is 17.1 Å². The first-order valence-corrected chi connectivity index (χ1v) is 11.8. The number of nitrogens with one attached hydrogen (secondary N) is 1. The third-order valence-electron chi connectivity index (χ3n) is 6.07. The highest BCUT2D eigenvalue weighted by Crippen LogP contribution is 2.37. The standard InChI is InChI=1S/C26H28N3O6P/c1-16-4-5-23-19(8-16)6-7-28(23)26(30)21-12-24(33-3)25(13-22(21)27-2)34-14-17-9-18(15-35-36)11-20(10-17)29(31)32/h4-5,8-13,27H,6-7,14-15,36H2,1-3H3. The molecule has 10 heteroatoms. The Labute approximate surface area is 211 Å². The summed E-state index contributed by atoms with van der Waals surface area (Å²) in [4.78, 5) is 26.2. The highest BCUT2D eigenvalue weighted by molar-refractivity contribution is 7.09. The van der Waals surface area contributed by atoms with Gasteiger partial charge in [-0.2, -0.15) is 0 Å². The van der Waals surface area contributed by atoms with Gasteiger partial charge in [0.1, 0.15) is 6.61 Å². The number of anilines is 2. The highest BCUT2D eigenvalue weighted by atomic mass is 31.0. The minimum Gasteiger partial charge on any atom is -0.493 e. The van der Waals surface area contributed by atoms with E-state index in [0.717, 1.165) is 17.7 Å². The van der Waals surface area contributed by atoms with Crippen LogP contribution < -0.4 is 19.7 Å². The number of nitro groups is 1. The van der Waals surface area contributed by atoms with E-state index in [1.54, 1.807) is 30.1 Å². The van der Waals surface area contributed by atoms with Crippen molar-refractivity contribution >= 4 is 32.4 Å². The van der Waals surface area contributed by atoms with Gasteiger partial charge in [-0.05, 0) is 48.2 Å². The van der Waals surface area contributed by atoms with Crippen molar-refractivity contribution in [1.82, 2.24) is 0 Å². The maximum atomic E-state index is 13.5. The van der Waals surface area contributed by atoms with Gasteiger partial charge >= 0.3 is 0 Å². The van der Waals surface area contributed by atoms with Crippen LogP contribution in [0.15, 0.2) is 48.5 Å². The maximum Gasteiger partial charge on any atom is 0.270 e. The average Bonchev–Trinajstić information content (AvgIpc) is 3.29. The molecule has 3 aromatic carbocycles. The fourth-order valence-electron chi connectivity index (χ4n) is 4.38. The first-order valence-electron chi connectivity index (χ1n) is 11.4. The number of amides is 1. The molecule has 0 aromatic heterocycles. The predicted molar refractivity (Wildman–Crippen MR) is 141 cm³/mol. The third kappa shape index (κ3) is 5.27. The summed E-state index contributed by atoms with van der Waals surface area (Å²) >= 11 is 0. The van der Waals surface area contributed by atoms with E-state index in [2.05, 4.69) is 20.8 Å². The third-order valence-corrected chi connectivity index (χ3v) is 6.24. The summed E-state index contributed by atoms with van der Waals surface area (Å²) in [6, 6.07) is 14.2. The lowest BCUT2D eigenvalue weighted by atomic mass is 10.1. The molecule has 0 saturated heterocycles. The lowest BCUT2D eigenvalue weighted by Gasteiger charge is -2.21. The largest absolute Gasteiger partial charge is 0.493 e. The molecule has 188 valence electrons. The molecule has 0 spiro atoms. The summed E-state index contributed by atoms with van der Waals surface area (Å²) in [5, 5.41) is 14.4. The van der Waals surface area contributed by atoms with Crippen LogP contribution in [-0.2, 0) is 24.2 Å². The number of hydrogen-bond acceptors (Lipinski definition) is 7. The van der Waals surface area contributed by atoms with Crippen molar-refractivity contribution in [3.8, 4) is 11.5 Å². The lowest BCUT2D eigenvalue weighted by molar-refractivity contribution is -0.385. The van der Waals surface area contributed by atoms with Crippen molar-refractivity contribution < 1.29 is 23.7 Å². The molecule has 0 fully saturated rings. The molecule has 1 aliphatic rings. The lowest BCUT2D eigenvalue weighted by Crippen LogP contribution is -2.29. The van der Waals surface area contributed by atoms with Crippen LogP contribution in [0.1, 0.15) is 32.6 Å². The van der Waals surface area contributed by atoms with Crippen molar-refractivity contribution in [1.29, 1.82) is 0 Å². The molecular formula is C26H28N3O6P. The van der Waals surface area contributed by atoms with Crippen molar-refractivity contribution in [2.45, 2.75) is 26.6 Å². The quantitative estimate of drug-likeness (QED) is 0.245. The van der Waals surface area contributed by atoms with Gasteiger partial charge in [0.2, 0.25) is 0 Å². The monoisotopic (exact) mass is 509 g/mol. The maximum absolute atomic E-state index is 13.5. The number of methoxy groups -OCH3 is 1. The number of benzene rings is 3. The molecule has 1 unspecified atom stereocenters. The summed E-state index contributed by atoms with van der Waals surface area (Å²) in [6.45, 7) is 2.93. The number of carbonyl (C=O) groups excluding carboxylic acids is 1. The number of aryl methyl sites for hydroxylation is 1. The second-order valence-electron chi connectivity index (χ2n) is 8.50. The zero-order valence-corrected chi connectivity index (χ0v) is 21.5. The Morgan fingerprint density at radius 3 is 2.53 bits per heavy atom. The van der Waals surface area contributed by atoms with Crippen LogP contribution in [-0.4, -0.2) is 31.5 Å². The second-order valence-corrected chi connectivity index (χ2v) is 8.84. The molecule has 1 aliphatic heterocycles. The van der Waals surface area contributed by atoms with Gasteiger partial charge in [0.05, 0.1) is 29.9 Å². The number of carbonyl (C=O) groups is 1. The summed E-state index contributed by atoms with van der Waals surface area (Å²) < 4.78 is 16.6. The minimum absolute atomic E-state index is 0.0435. The van der Waals surface area contributed by atoms with Crippen molar-refractivity contribution in [3.05, 3.63) is 86.5 Å². The van der Waals surface area contributed by atoms with Gasteiger partial charge in [0.25, 0.3) is 11.6 Å². The molecule has 1 N–H and O–H groups in total. The minimum atomic E-state index is -0.451. The number of ether oxygens (including phenoxy) is 2. The van der Waals surface area contributed by atoms with E-state index < -0.39 is 4.92 Å². The Morgan fingerprint density at radius 2 is 1.86 bits per heavy atom. The number of nitrogens with zero attached hydrogens (tertiary/aromatic N) is 2. The topological polar surface area (TPSA) is 103 Å². The van der Waals surface area contributed by atoms with Crippen LogP contribution in [0.3, 0.4) is 0 Å². The molecule has 9 nitrogen and oxygen atoms in total. The fourth-order valence-corrected chi connectivity index (χ4v) is 4.57. The molecule has 1 atom stereocenters. The summed E-state index contributed by atoms with van der Waals surface area (Å²) in [5.74, 6) is 0.665. The zero-order chi connectivity index (χ0) is 25.8. The molecule has 0 bridgehead atoms. The Morgan fingerprint density at radius 1 is 1.11 bits per heavy atom. The zero-order valence-electron chi connectivity index (χ0n) is 20.4. The summed E-state index contributed by atoms with van der Waals surface area (Å²) in [6.07, 6.45) is 0.808. The van der Waals surface area contributed by atoms with Gasteiger partial charge in [0, 0.05) is 46.9 Å². The Balaban J connectivity index is 1.61. The Kier molecular flexibility index (Phi) is 7.72. The van der Waals surface area contributed by atoms with Crippen LogP contribution >= 0.6 is 9.47 Å². The van der Waals surface area contributed by atoms with Gasteiger partial charge in [-0.1, -0.05) is 17.7 Å². The molecule has 1 amide bonds. The van der Waals surface area contributed by atoms with Gasteiger partial charge in [-0.25, -0.2) is 0 Å². The molecule has 4 rings (SSSR count). The summed E-state index contributed by atoms with van der Waals surface area (Å²) in [7, 11) is 5.37. The van der Waals surface area contributed by atoms with E-state index >= 15 is 0 Å². The molecule has 0 radical (unpaired) electrons. The van der Waals surface area contributed by atoms with E-state index in [0.29, 0.717) is 40.4 Å². The number of fused-ring (bicyclic) bond motifs is 1. The Bertz CT molecular complexity index is 1310. The Hall–Kier alpha value is -3.68. The number of rotatable bonds is 9. The van der Waals surface area contributed by atoms with E-state index in [1.165, 1.54) is 24.8 Å². The van der Waals surface area contributed by atoms with Crippen LogP contribution in [0.2, 0.25) is 0 Å². The SMILES string of the molecule is CNc1cc(OCc2cc(COP)cc([N+](=O)[O-])c2)c(OC)cc1C(=O)N1CCc2cc(C)ccc21. The normalized spacial score (nSPS) is 12.3. The van der Waals surface area contributed by atoms with Gasteiger partial charge in [0.15, 0.2) is 11.5 Å². The van der Waals surface area contributed by atoms with E-state index in [9.17, 15) is 14.9 Å². The van der Waals surface area contributed by atoms with Gasteiger partial charge < -0.3 is 24.2 Å². The molecule has 3 aromatic rings. The summed E-state index contributed by atoms with van der Waals surface area (Å²) in [5.41, 5.74) is 5.52.